The summed E-state index contributed by atoms with van der Waals surface area (Å²) in [6, 6.07) is 5.20. The van der Waals surface area contributed by atoms with Crippen LogP contribution in [0, 0.1) is 0 Å². The van der Waals surface area contributed by atoms with Crippen LogP contribution in [0.25, 0.3) is 11.4 Å². The van der Waals surface area contributed by atoms with Crippen LogP contribution in [-0.2, 0) is 0 Å². The summed E-state index contributed by atoms with van der Waals surface area (Å²) in [5.74, 6) is 1.24. The second kappa shape index (κ2) is 4.87. The summed E-state index contributed by atoms with van der Waals surface area (Å²) in [5.41, 5.74) is 0.655. The first-order valence-corrected chi connectivity index (χ1v) is 5.22. The summed E-state index contributed by atoms with van der Waals surface area (Å²) in [5, 5.41) is 3.74. The Balaban J connectivity index is 2.45. The van der Waals surface area contributed by atoms with Crippen molar-refractivity contribution < 1.29 is 18.8 Å². The topological polar surface area (TPSA) is 74.5 Å². The molecule has 0 amide bonds. The predicted octanol–water partition coefficient (Wildman–Crippen LogP) is 1.96. The second-order valence-corrected chi connectivity index (χ2v) is 3.58. The molecule has 18 heavy (non-hydrogen) atoms. The molecule has 6 nitrogen and oxygen atoms in total. The molecule has 0 aliphatic heterocycles. The van der Waals surface area contributed by atoms with Gasteiger partial charge in [0.05, 0.1) is 14.2 Å². The van der Waals surface area contributed by atoms with Crippen LogP contribution in [0.15, 0.2) is 22.7 Å². The highest BCUT2D eigenvalue weighted by molar-refractivity contribution is 5.89. The van der Waals surface area contributed by atoms with Crippen molar-refractivity contribution in [3.63, 3.8) is 0 Å². The second-order valence-electron chi connectivity index (χ2n) is 3.58. The molecule has 0 N–H and O–H groups in total. The van der Waals surface area contributed by atoms with Gasteiger partial charge in [0.25, 0.3) is 5.89 Å². The van der Waals surface area contributed by atoms with Crippen molar-refractivity contribution in [3.05, 3.63) is 24.1 Å². The first kappa shape index (κ1) is 12.1. The van der Waals surface area contributed by atoms with Gasteiger partial charge < -0.3 is 14.0 Å². The van der Waals surface area contributed by atoms with Crippen LogP contribution < -0.4 is 9.47 Å². The highest BCUT2D eigenvalue weighted by Crippen LogP contribution is 2.28. The Morgan fingerprint density at radius 1 is 1.17 bits per heavy atom. The third-order valence-electron chi connectivity index (χ3n) is 2.34. The molecule has 0 bridgehead atoms. The molecule has 0 aliphatic rings. The summed E-state index contributed by atoms with van der Waals surface area (Å²) in [6.45, 7) is 1.36. The molecular formula is C12H12N2O4. The maximum absolute atomic E-state index is 11.1. The van der Waals surface area contributed by atoms with Crippen molar-refractivity contribution in [1.29, 1.82) is 0 Å². The largest absolute Gasteiger partial charge is 0.497 e. The average molecular weight is 248 g/mol. The maximum atomic E-state index is 11.1. The molecule has 0 atom stereocenters. The van der Waals surface area contributed by atoms with Crippen molar-refractivity contribution >= 4 is 5.78 Å². The lowest BCUT2D eigenvalue weighted by atomic mass is 10.2. The first-order valence-electron chi connectivity index (χ1n) is 5.22. The van der Waals surface area contributed by atoms with Gasteiger partial charge in [0.2, 0.25) is 11.6 Å². The normalized spacial score (nSPS) is 10.2. The number of aromatic nitrogens is 2. The van der Waals surface area contributed by atoms with E-state index in [4.69, 9.17) is 14.0 Å². The lowest BCUT2D eigenvalue weighted by molar-refractivity contribution is 0.0972. The van der Waals surface area contributed by atoms with E-state index in [1.807, 2.05) is 0 Å². The molecule has 0 radical (unpaired) electrons. The number of nitrogens with zero attached hydrogens (tertiary/aromatic N) is 2. The van der Waals surface area contributed by atoms with Crippen molar-refractivity contribution in [3.8, 4) is 22.9 Å². The Bertz CT molecular complexity index is 555. The van der Waals surface area contributed by atoms with Gasteiger partial charge in [-0.3, -0.25) is 4.79 Å². The number of hydrogen-bond donors (Lipinski definition) is 0. The van der Waals surface area contributed by atoms with Crippen LogP contribution in [0.3, 0.4) is 0 Å². The fourth-order valence-corrected chi connectivity index (χ4v) is 1.42. The summed E-state index contributed by atoms with van der Waals surface area (Å²) in [4.78, 5) is 15.1. The molecule has 2 aromatic rings. The Hall–Kier alpha value is -2.37. The van der Waals surface area contributed by atoms with Gasteiger partial charge in [0.1, 0.15) is 11.5 Å². The number of hydrogen-bond acceptors (Lipinski definition) is 6. The molecule has 0 unspecified atom stereocenters. The maximum Gasteiger partial charge on any atom is 0.294 e. The zero-order valence-corrected chi connectivity index (χ0v) is 10.3. The average Bonchev–Trinajstić information content (AvgIpc) is 2.87. The lowest BCUT2D eigenvalue weighted by Crippen LogP contribution is -1.92. The van der Waals surface area contributed by atoms with Crippen molar-refractivity contribution in [2.75, 3.05) is 14.2 Å². The quantitative estimate of drug-likeness (QED) is 0.770. The van der Waals surface area contributed by atoms with Crippen LogP contribution in [0.4, 0.5) is 0 Å². The molecule has 0 saturated carbocycles. The first-order chi connectivity index (χ1) is 8.63. The number of ketones is 1. The molecule has 6 heteroatoms. The number of carbonyl (C=O) groups excluding carboxylic acids is 1. The Morgan fingerprint density at radius 2 is 1.78 bits per heavy atom. The van der Waals surface area contributed by atoms with E-state index < -0.39 is 0 Å². The molecule has 1 heterocycles. The van der Waals surface area contributed by atoms with E-state index in [9.17, 15) is 4.79 Å². The zero-order chi connectivity index (χ0) is 13.1. The van der Waals surface area contributed by atoms with Crippen molar-refractivity contribution in [2.45, 2.75) is 6.92 Å². The number of benzene rings is 1. The van der Waals surface area contributed by atoms with Gasteiger partial charge in [-0.1, -0.05) is 5.16 Å². The van der Waals surface area contributed by atoms with Gasteiger partial charge >= 0.3 is 0 Å². The minimum atomic E-state index is -0.274. The van der Waals surface area contributed by atoms with Gasteiger partial charge in [-0.2, -0.15) is 4.98 Å². The van der Waals surface area contributed by atoms with Gasteiger partial charge in [-0.05, 0) is 12.1 Å². The fraction of sp³-hybridized carbons (Fsp3) is 0.250. The van der Waals surface area contributed by atoms with Crippen molar-refractivity contribution in [2.24, 2.45) is 0 Å². The third-order valence-corrected chi connectivity index (χ3v) is 2.34. The number of carbonyl (C=O) groups is 1. The van der Waals surface area contributed by atoms with Crippen molar-refractivity contribution in [1.82, 2.24) is 10.1 Å². The minimum Gasteiger partial charge on any atom is -0.497 e. The molecular weight excluding hydrogens is 236 g/mol. The molecule has 0 saturated heterocycles. The molecule has 0 fully saturated rings. The van der Waals surface area contributed by atoms with Crippen LogP contribution in [0.2, 0.25) is 0 Å². The van der Waals surface area contributed by atoms with E-state index in [0.717, 1.165) is 0 Å². The van der Waals surface area contributed by atoms with E-state index in [0.29, 0.717) is 22.9 Å². The lowest BCUT2D eigenvalue weighted by Gasteiger charge is -2.05. The molecule has 0 spiro atoms. The molecule has 2 rings (SSSR count). The number of ether oxygens (including phenoxy) is 2. The SMILES string of the molecule is COc1cc(OC)cc(-c2noc(C(C)=O)n2)c1. The third kappa shape index (κ3) is 2.32. The van der Waals surface area contributed by atoms with Gasteiger partial charge in [0, 0.05) is 18.6 Å². The molecule has 94 valence electrons. The fourth-order valence-electron chi connectivity index (χ4n) is 1.42. The van der Waals surface area contributed by atoms with Crippen LogP contribution >= 0.6 is 0 Å². The summed E-state index contributed by atoms with van der Waals surface area (Å²) < 4.78 is 15.1. The molecule has 0 aliphatic carbocycles. The highest BCUT2D eigenvalue weighted by Gasteiger charge is 2.13. The van der Waals surface area contributed by atoms with Crippen LogP contribution in [0.1, 0.15) is 17.6 Å². The predicted molar refractivity (Wildman–Crippen MR) is 62.8 cm³/mol. The van der Waals surface area contributed by atoms with Gasteiger partial charge in [-0.15, -0.1) is 0 Å². The number of methoxy groups -OCH3 is 2. The Labute approximate surface area is 104 Å². The Kier molecular flexibility index (Phi) is 3.27. The van der Waals surface area contributed by atoms with E-state index in [-0.39, 0.29) is 11.7 Å². The van der Waals surface area contributed by atoms with Gasteiger partial charge in [-0.25, -0.2) is 0 Å². The minimum absolute atomic E-state index is 0.0215. The van der Waals surface area contributed by atoms with E-state index >= 15 is 0 Å². The van der Waals surface area contributed by atoms with E-state index in [1.54, 1.807) is 32.4 Å². The summed E-state index contributed by atoms with van der Waals surface area (Å²) in [6.07, 6.45) is 0. The number of rotatable bonds is 4. The highest BCUT2D eigenvalue weighted by atomic mass is 16.5. The van der Waals surface area contributed by atoms with Crippen LogP contribution in [0.5, 0.6) is 11.5 Å². The van der Waals surface area contributed by atoms with Gasteiger partial charge in [0.15, 0.2) is 0 Å². The van der Waals surface area contributed by atoms with E-state index in [2.05, 4.69) is 10.1 Å². The summed E-state index contributed by atoms with van der Waals surface area (Å²) in [7, 11) is 3.10. The molecule has 1 aromatic carbocycles. The number of Topliss-reactive ketones (excluding diaryl/α,β-unsaturated/α-hetero) is 1. The molecule has 1 aromatic heterocycles. The Morgan fingerprint density at radius 3 is 2.22 bits per heavy atom. The zero-order valence-electron chi connectivity index (χ0n) is 10.3. The summed E-state index contributed by atoms with van der Waals surface area (Å²) >= 11 is 0. The monoisotopic (exact) mass is 248 g/mol. The van der Waals surface area contributed by atoms with E-state index in [1.165, 1.54) is 6.92 Å². The standard InChI is InChI=1S/C12H12N2O4/c1-7(15)12-13-11(14-18-12)8-4-9(16-2)6-10(5-8)17-3/h4-6H,1-3H3. The van der Waals surface area contributed by atoms with Crippen LogP contribution in [-0.4, -0.2) is 30.1 Å². The smallest absolute Gasteiger partial charge is 0.294 e.